The van der Waals surface area contributed by atoms with Crippen molar-refractivity contribution in [2.75, 3.05) is 79.3 Å². The second-order valence-corrected chi connectivity index (χ2v) is 22.5. The van der Waals surface area contributed by atoms with Crippen molar-refractivity contribution < 1.29 is 112 Å². The van der Waals surface area contributed by atoms with Gasteiger partial charge >= 0.3 is 11.9 Å². The van der Waals surface area contributed by atoms with Crippen LogP contribution in [0, 0.1) is 0 Å². The highest BCUT2D eigenvalue weighted by atomic mass is 16.4. The second kappa shape index (κ2) is 98.8. The summed E-state index contributed by atoms with van der Waals surface area (Å²) in [5.74, 6) is -1.30. The van der Waals surface area contributed by atoms with Crippen LogP contribution in [0.2, 0.25) is 0 Å². The number of aliphatic carboxylic acids is 2. The summed E-state index contributed by atoms with van der Waals surface area (Å²) in [5.41, 5.74) is 0. The number of carboxylic acids is 2. The predicted octanol–water partition coefficient (Wildman–Crippen LogP) is 7.34. The summed E-state index contributed by atoms with van der Waals surface area (Å²) in [5, 5.41) is 161. The van der Waals surface area contributed by atoms with Crippen LogP contribution in [0.25, 0.3) is 0 Å². The molecule has 0 bridgehead atoms. The molecule has 0 saturated heterocycles. The quantitative estimate of drug-likeness (QED) is 0.0265. The lowest BCUT2D eigenvalue weighted by atomic mass is 10.0. The van der Waals surface area contributed by atoms with Crippen LogP contribution in [0.1, 0.15) is 296 Å². The van der Waals surface area contributed by atoms with Gasteiger partial charge in [0.25, 0.3) is 0 Å². The monoisotopic (exact) mass is 1290 g/mol. The summed E-state index contributed by atoms with van der Waals surface area (Å²) in [6, 6.07) is 0. The smallest absolute Gasteiger partial charge is 0.303 e. The minimum atomic E-state index is -0.954. The van der Waals surface area contributed by atoms with E-state index in [1.54, 1.807) is 0 Å². The van der Waals surface area contributed by atoms with Gasteiger partial charge in [0.05, 0.1) is 79.3 Å². The molecular weight excluding hydrogens is 1140 g/mol. The molecule has 0 unspecified atom stereocenters. The van der Waals surface area contributed by atoms with E-state index in [-0.39, 0.29) is 79.3 Å². The first-order valence-corrected chi connectivity index (χ1v) is 34.2. The van der Waals surface area contributed by atoms with Crippen molar-refractivity contribution in [2.45, 2.75) is 333 Å². The highest BCUT2D eigenvalue weighted by molar-refractivity contribution is 5.66. The van der Waals surface area contributed by atoms with E-state index < -0.39 is 48.6 Å². The van der Waals surface area contributed by atoms with Gasteiger partial charge in [-0.05, 0) is 12.8 Å². The fourth-order valence-electron chi connectivity index (χ4n) is 7.76. The Labute approximate surface area is 534 Å². The lowest BCUT2D eigenvalue weighted by molar-refractivity contribution is -0.138. The van der Waals surface area contributed by atoms with Crippen molar-refractivity contribution in [3.63, 3.8) is 0 Å². The third kappa shape index (κ3) is 125. The zero-order valence-electron chi connectivity index (χ0n) is 55.8. The third-order valence-corrected chi connectivity index (χ3v) is 13.5. The molecule has 0 spiro atoms. The number of hydrogen-bond donors (Lipinski definition) is 20. The molecule has 20 N–H and O–H groups in total. The molecule has 0 aliphatic heterocycles. The van der Waals surface area contributed by atoms with E-state index in [0.29, 0.717) is 12.8 Å². The Kier molecular flexibility index (Phi) is 115. The van der Waals surface area contributed by atoms with E-state index in [1.807, 2.05) is 0 Å². The summed E-state index contributed by atoms with van der Waals surface area (Å²) in [4.78, 5) is 20.8. The number of aliphatic hydroxyl groups is 18. The first kappa shape index (κ1) is 102. The van der Waals surface area contributed by atoms with Gasteiger partial charge in [-0.3, -0.25) is 9.59 Å². The van der Waals surface area contributed by atoms with Gasteiger partial charge in [-0.2, -0.15) is 0 Å². The van der Waals surface area contributed by atoms with Crippen LogP contribution < -0.4 is 0 Å². The summed E-state index contributed by atoms with van der Waals surface area (Å²) >= 11 is 0. The predicted molar refractivity (Wildman–Crippen MR) is 351 cm³/mol. The molecule has 0 aromatic carbocycles. The van der Waals surface area contributed by atoms with Gasteiger partial charge in [0.2, 0.25) is 0 Å². The average molecular weight is 1290 g/mol. The van der Waals surface area contributed by atoms with Gasteiger partial charge in [0, 0.05) is 12.8 Å². The summed E-state index contributed by atoms with van der Waals surface area (Å²) in [7, 11) is 0. The van der Waals surface area contributed by atoms with E-state index in [2.05, 4.69) is 13.8 Å². The standard InChI is InChI=1S/2C24H48O2.6C3H8O3/c2*1-2-3-4-5-6-7-8-9-10-11-12-13-14-15-16-17-18-19-20-21-22-23-24(25)26;6*4-1-3(6)2-5/h2*2-23H2,1H3,(H,25,26);6*3-6H,1-2H2. The van der Waals surface area contributed by atoms with Crippen molar-refractivity contribution in [3.05, 3.63) is 0 Å². The maximum atomic E-state index is 10.4. The van der Waals surface area contributed by atoms with E-state index >= 15 is 0 Å². The van der Waals surface area contributed by atoms with E-state index in [1.165, 1.54) is 244 Å². The average Bonchev–Trinajstić information content (AvgIpc) is 3.54. The molecule has 0 aromatic heterocycles. The largest absolute Gasteiger partial charge is 0.481 e. The maximum absolute atomic E-state index is 10.4. The number of hydrogen-bond acceptors (Lipinski definition) is 20. The second-order valence-electron chi connectivity index (χ2n) is 22.5. The van der Waals surface area contributed by atoms with E-state index in [9.17, 15) is 9.59 Å². The van der Waals surface area contributed by atoms with Gasteiger partial charge in [-0.25, -0.2) is 0 Å². The van der Waals surface area contributed by atoms with Gasteiger partial charge in [-0.1, -0.05) is 271 Å². The normalized spacial score (nSPS) is 10.7. The van der Waals surface area contributed by atoms with Crippen molar-refractivity contribution in [2.24, 2.45) is 0 Å². The molecule has 22 nitrogen and oxygen atoms in total. The maximum Gasteiger partial charge on any atom is 0.303 e. The first-order chi connectivity index (χ1) is 42.4. The number of carbonyl (C=O) groups is 2. The van der Waals surface area contributed by atoms with Crippen LogP contribution in [0.4, 0.5) is 0 Å². The highest BCUT2D eigenvalue weighted by Gasteiger charge is 2.02. The Hall–Kier alpha value is -1.78. The molecule has 0 aromatic rings. The summed E-state index contributed by atoms with van der Waals surface area (Å²) < 4.78 is 0. The molecule has 88 heavy (non-hydrogen) atoms. The Morgan fingerprint density at radius 1 is 0.193 bits per heavy atom. The fourth-order valence-corrected chi connectivity index (χ4v) is 7.76. The summed E-state index contributed by atoms with van der Waals surface area (Å²) in [6.45, 7) is 0.200. The number of carboxylic acid groups (broad SMARTS) is 2. The van der Waals surface area contributed by atoms with E-state index in [0.717, 1.165) is 25.7 Å². The van der Waals surface area contributed by atoms with Crippen LogP contribution >= 0.6 is 0 Å². The van der Waals surface area contributed by atoms with Crippen molar-refractivity contribution in [3.8, 4) is 0 Å². The number of unbranched alkanes of at least 4 members (excludes halogenated alkanes) is 40. The van der Waals surface area contributed by atoms with Gasteiger partial charge in [0.1, 0.15) is 36.6 Å². The molecule has 0 saturated carbocycles. The molecule has 0 atom stereocenters. The SMILES string of the molecule is CCCCCCCCCCCCCCCCCCCCCCCC(=O)O.CCCCCCCCCCCCCCCCCCCCCCCC(=O)O.OCC(O)CO.OCC(O)CO.OCC(O)CO.OCC(O)CO.OCC(O)CO.OCC(O)CO. The molecule has 0 rings (SSSR count). The van der Waals surface area contributed by atoms with Crippen LogP contribution in [0.3, 0.4) is 0 Å². The molecule has 540 valence electrons. The lowest BCUT2D eigenvalue weighted by Gasteiger charge is -2.04. The molecule has 0 amide bonds. The Morgan fingerprint density at radius 3 is 0.352 bits per heavy atom. The van der Waals surface area contributed by atoms with Crippen molar-refractivity contribution in [1.29, 1.82) is 0 Å². The first-order valence-electron chi connectivity index (χ1n) is 34.2. The van der Waals surface area contributed by atoms with Gasteiger partial charge in [0.15, 0.2) is 0 Å². The van der Waals surface area contributed by atoms with Crippen molar-refractivity contribution >= 4 is 11.9 Å². The van der Waals surface area contributed by atoms with Gasteiger partial charge < -0.3 is 102 Å². The van der Waals surface area contributed by atoms with Crippen LogP contribution in [0.5, 0.6) is 0 Å². The molecule has 22 heteroatoms. The Balaban J connectivity index is -0.000000156. The molecular formula is C66H144O22. The molecule has 0 aliphatic carbocycles. The molecule has 0 aliphatic rings. The minimum Gasteiger partial charge on any atom is -0.481 e. The Morgan fingerprint density at radius 2 is 0.284 bits per heavy atom. The van der Waals surface area contributed by atoms with Crippen LogP contribution in [0.15, 0.2) is 0 Å². The molecule has 0 radical (unpaired) electrons. The van der Waals surface area contributed by atoms with Gasteiger partial charge in [-0.15, -0.1) is 0 Å². The van der Waals surface area contributed by atoms with Crippen LogP contribution in [-0.2, 0) is 9.59 Å². The molecule has 0 fully saturated rings. The van der Waals surface area contributed by atoms with Crippen molar-refractivity contribution in [1.82, 2.24) is 0 Å². The summed E-state index contributed by atoms with van der Waals surface area (Å²) in [6.07, 6.45) is 52.4. The highest BCUT2D eigenvalue weighted by Crippen LogP contribution is 2.17. The zero-order valence-corrected chi connectivity index (χ0v) is 55.8. The third-order valence-electron chi connectivity index (χ3n) is 13.5. The van der Waals surface area contributed by atoms with E-state index in [4.69, 9.17) is 102 Å². The zero-order chi connectivity index (χ0) is 68.2. The number of aliphatic hydroxyl groups excluding tert-OH is 18. The van der Waals surface area contributed by atoms with Crippen LogP contribution in [-0.4, -0.2) is 230 Å². The molecule has 0 heterocycles. The minimum absolute atomic E-state index is 0.346. The Bertz CT molecular complexity index is 1010. The number of rotatable bonds is 56. The fraction of sp³-hybridized carbons (Fsp3) is 0.970. The topological polar surface area (TPSA) is 439 Å². The lowest BCUT2D eigenvalue weighted by Crippen LogP contribution is -2.15.